The fourth-order valence-corrected chi connectivity index (χ4v) is 4.00. The highest BCUT2D eigenvalue weighted by Crippen LogP contribution is 2.22. The molecule has 0 bridgehead atoms. The Morgan fingerprint density at radius 1 is 1.11 bits per heavy atom. The van der Waals surface area contributed by atoms with Crippen LogP contribution < -0.4 is 19.1 Å². The third-order valence-electron chi connectivity index (χ3n) is 4.05. The molecule has 0 fully saturated rings. The summed E-state index contributed by atoms with van der Waals surface area (Å²) in [7, 11) is -2.05. The number of carbonyl (C=O) groups is 1. The van der Waals surface area contributed by atoms with Gasteiger partial charge in [-0.1, -0.05) is 31.2 Å². The molecule has 0 unspecified atom stereocenters. The number of hydrogen-bond donors (Lipinski definition) is 1. The van der Waals surface area contributed by atoms with Crippen molar-refractivity contribution in [3.63, 3.8) is 0 Å². The van der Waals surface area contributed by atoms with Crippen LogP contribution in [0.25, 0.3) is 0 Å². The van der Waals surface area contributed by atoms with Crippen molar-refractivity contribution < 1.29 is 22.7 Å². The largest absolute Gasteiger partial charge is 0.497 e. The van der Waals surface area contributed by atoms with Crippen molar-refractivity contribution in [2.75, 3.05) is 30.8 Å². The lowest BCUT2D eigenvalue weighted by Crippen LogP contribution is -2.49. The zero-order chi connectivity index (χ0) is 20.6. The van der Waals surface area contributed by atoms with Crippen molar-refractivity contribution in [1.29, 1.82) is 0 Å². The van der Waals surface area contributed by atoms with Crippen LogP contribution in [0.4, 0.5) is 5.69 Å². The summed E-state index contributed by atoms with van der Waals surface area (Å²) in [5, 5.41) is 2.75. The number of carbonyl (C=O) groups excluding carboxylic acids is 1. The van der Waals surface area contributed by atoms with Gasteiger partial charge < -0.3 is 14.8 Å². The van der Waals surface area contributed by atoms with E-state index in [0.29, 0.717) is 23.6 Å². The van der Waals surface area contributed by atoms with E-state index in [1.54, 1.807) is 56.5 Å². The highest BCUT2D eigenvalue weighted by Gasteiger charge is 2.31. The maximum absolute atomic E-state index is 12.7. The van der Waals surface area contributed by atoms with Crippen LogP contribution in [0.2, 0.25) is 0 Å². The molecule has 28 heavy (non-hydrogen) atoms. The van der Waals surface area contributed by atoms with Gasteiger partial charge in [-0.3, -0.25) is 9.10 Å². The van der Waals surface area contributed by atoms with Crippen molar-refractivity contribution in [3.8, 4) is 11.5 Å². The summed E-state index contributed by atoms with van der Waals surface area (Å²) in [6.45, 7) is 2.27. The fourth-order valence-electron chi connectivity index (χ4n) is 2.79. The van der Waals surface area contributed by atoms with Gasteiger partial charge in [0.1, 0.15) is 24.1 Å². The van der Waals surface area contributed by atoms with Crippen LogP contribution in [-0.4, -0.2) is 46.9 Å². The fraction of sp³-hybridized carbons (Fsp3) is 0.350. The summed E-state index contributed by atoms with van der Waals surface area (Å²) < 4.78 is 36.5. The molecule has 0 heterocycles. The average Bonchev–Trinajstić information content (AvgIpc) is 2.69. The Balaban J connectivity index is 1.99. The minimum absolute atomic E-state index is 0.249. The minimum Gasteiger partial charge on any atom is -0.497 e. The van der Waals surface area contributed by atoms with Gasteiger partial charge >= 0.3 is 0 Å². The monoisotopic (exact) mass is 406 g/mol. The molecule has 152 valence electrons. The lowest BCUT2D eigenvalue weighted by molar-refractivity contribution is -0.122. The summed E-state index contributed by atoms with van der Waals surface area (Å²) in [6, 6.07) is 14.9. The molecule has 0 aromatic heterocycles. The van der Waals surface area contributed by atoms with Crippen molar-refractivity contribution in [2.45, 2.75) is 19.4 Å². The van der Waals surface area contributed by atoms with Crippen molar-refractivity contribution >= 4 is 21.6 Å². The lowest BCUT2D eigenvalue weighted by atomic mass is 10.2. The second-order valence-corrected chi connectivity index (χ2v) is 8.00. The normalized spacial score (nSPS) is 12.1. The topological polar surface area (TPSA) is 84.9 Å². The number of ether oxygens (including phenoxy) is 2. The van der Waals surface area contributed by atoms with Gasteiger partial charge in [0.25, 0.3) is 0 Å². The number of nitrogens with zero attached hydrogens (tertiary/aromatic N) is 1. The molecular formula is C20H26N2O5S. The first-order valence-corrected chi connectivity index (χ1v) is 10.8. The molecule has 2 aromatic rings. The van der Waals surface area contributed by atoms with Crippen LogP contribution in [0.5, 0.6) is 11.5 Å². The van der Waals surface area contributed by atoms with E-state index in [-0.39, 0.29) is 19.1 Å². The molecule has 0 aliphatic carbocycles. The first kappa shape index (κ1) is 21.6. The number of para-hydroxylation sites is 1. The van der Waals surface area contributed by atoms with E-state index in [4.69, 9.17) is 9.47 Å². The molecule has 1 atom stereocenters. The van der Waals surface area contributed by atoms with Crippen LogP contribution in [0, 0.1) is 0 Å². The Bertz CT molecular complexity index is 871. The van der Waals surface area contributed by atoms with Crippen LogP contribution >= 0.6 is 0 Å². The third-order valence-corrected chi connectivity index (χ3v) is 5.23. The standard InChI is InChI=1S/C20H26N2O5S/c1-4-19(22(28(3,24)25)16-9-6-5-7-10-16)20(23)21-13-14-27-18-12-8-11-17(15-18)26-2/h5-12,15,19H,4,13-14H2,1-3H3,(H,21,23)/t19-/m1/s1. The maximum atomic E-state index is 12.7. The Kier molecular flexibility index (Phi) is 7.69. The van der Waals surface area contributed by atoms with E-state index in [0.717, 1.165) is 10.6 Å². The number of nitrogens with one attached hydrogen (secondary N) is 1. The molecule has 1 N–H and O–H groups in total. The van der Waals surface area contributed by atoms with Crippen LogP contribution in [0.15, 0.2) is 54.6 Å². The molecule has 0 saturated carbocycles. The summed E-state index contributed by atoms with van der Waals surface area (Å²) in [5.41, 5.74) is 0.458. The average molecular weight is 407 g/mol. The molecule has 1 amide bonds. The number of benzene rings is 2. The number of hydrogen-bond acceptors (Lipinski definition) is 5. The van der Waals surface area contributed by atoms with E-state index < -0.39 is 16.1 Å². The molecule has 0 aliphatic heterocycles. The van der Waals surface area contributed by atoms with Crippen LogP contribution in [0.1, 0.15) is 13.3 Å². The Morgan fingerprint density at radius 3 is 2.39 bits per heavy atom. The van der Waals surface area contributed by atoms with Crippen molar-refractivity contribution in [1.82, 2.24) is 5.32 Å². The Morgan fingerprint density at radius 2 is 1.79 bits per heavy atom. The Labute approximate surface area is 166 Å². The van der Waals surface area contributed by atoms with Gasteiger partial charge in [-0.25, -0.2) is 8.42 Å². The first-order chi connectivity index (χ1) is 13.4. The predicted molar refractivity (Wildman–Crippen MR) is 109 cm³/mol. The van der Waals surface area contributed by atoms with E-state index in [2.05, 4.69) is 5.32 Å². The number of sulfonamides is 1. The minimum atomic E-state index is -3.63. The van der Waals surface area contributed by atoms with Gasteiger partial charge in [0.15, 0.2) is 0 Å². The SMILES string of the molecule is CC[C@H](C(=O)NCCOc1cccc(OC)c1)N(c1ccccc1)S(C)(=O)=O. The molecule has 0 radical (unpaired) electrons. The molecule has 2 aromatic carbocycles. The number of rotatable bonds is 10. The summed E-state index contributed by atoms with van der Waals surface area (Å²) >= 11 is 0. The third kappa shape index (κ3) is 5.88. The van der Waals surface area contributed by atoms with Gasteiger partial charge in [-0.2, -0.15) is 0 Å². The smallest absolute Gasteiger partial charge is 0.244 e. The summed E-state index contributed by atoms with van der Waals surface area (Å²) in [4.78, 5) is 12.7. The molecule has 2 rings (SSSR count). The second-order valence-electron chi connectivity index (χ2n) is 6.14. The lowest BCUT2D eigenvalue weighted by Gasteiger charge is -2.30. The molecule has 0 aliphatic rings. The molecular weight excluding hydrogens is 380 g/mol. The van der Waals surface area contributed by atoms with Gasteiger partial charge in [0, 0.05) is 6.07 Å². The Hall–Kier alpha value is -2.74. The highest BCUT2D eigenvalue weighted by molar-refractivity contribution is 7.92. The van der Waals surface area contributed by atoms with Gasteiger partial charge in [0.05, 0.1) is 25.6 Å². The highest BCUT2D eigenvalue weighted by atomic mass is 32.2. The zero-order valence-corrected chi connectivity index (χ0v) is 17.1. The molecule has 0 spiro atoms. The zero-order valence-electron chi connectivity index (χ0n) is 16.3. The second kappa shape index (κ2) is 9.98. The van der Waals surface area contributed by atoms with Crippen LogP contribution in [0.3, 0.4) is 0 Å². The van der Waals surface area contributed by atoms with E-state index in [9.17, 15) is 13.2 Å². The van der Waals surface area contributed by atoms with Gasteiger partial charge in [-0.15, -0.1) is 0 Å². The molecule has 8 heteroatoms. The van der Waals surface area contributed by atoms with Crippen LogP contribution in [-0.2, 0) is 14.8 Å². The quantitative estimate of drug-likeness (QED) is 0.613. The van der Waals surface area contributed by atoms with E-state index >= 15 is 0 Å². The number of methoxy groups -OCH3 is 1. The summed E-state index contributed by atoms with van der Waals surface area (Å²) in [6.07, 6.45) is 1.44. The maximum Gasteiger partial charge on any atom is 0.244 e. The van der Waals surface area contributed by atoms with E-state index in [1.165, 1.54) is 0 Å². The van der Waals surface area contributed by atoms with Gasteiger partial charge in [0.2, 0.25) is 15.9 Å². The molecule has 7 nitrogen and oxygen atoms in total. The summed E-state index contributed by atoms with van der Waals surface area (Å²) in [5.74, 6) is 0.938. The van der Waals surface area contributed by atoms with Crippen molar-refractivity contribution in [3.05, 3.63) is 54.6 Å². The molecule has 0 saturated heterocycles. The van der Waals surface area contributed by atoms with Crippen molar-refractivity contribution in [2.24, 2.45) is 0 Å². The predicted octanol–water partition coefficient (Wildman–Crippen LogP) is 2.44. The number of amides is 1. The number of anilines is 1. The first-order valence-electron chi connectivity index (χ1n) is 8.95. The van der Waals surface area contributed by atoms with Gasteiger partial charge in [-0.05, 0) is 30.7 Å². The van der Waals surface area contributed by atoms with E-state index in [1.807, 2.05) is 12.1 Å².